The van der Waals surface area contributed by atoms with Gasteiger partial charge in [0.1, 0.15) is 0 Å². The van der Waals surface area contributed by atoms with Gasteiger partial charge in [0.2, 0.25) is 0 Å². The third-order valence-corrected chi connectivity index (χ3v) is 3.67. The van der Waals surface area contributed by atoms with Crippen LogP contribution in [0.15, 0.2) is 22.7 Å². The maximum Gasteiger partial charge on any atom is 0.0564 e. The maximum atomic E-state index is 5.55. The fourth-order valence-corrected chi connectivity index (χ4v) is 2.11. The van der Waals surface area contributed by atoms with Crippen LogP contribution >= 0.6 is 15.9 Å². The van der Waals surface area contributed by atoms with Crippen molar-refractivity contribution < 1.29 is 0 Å². The summed E-state index contributed by atoms with van der Waals surface area (Å²) in [5.41, 5.74) is 2.68. The van der Waals surface area contributed by atoms with Crippen molar-refractivity contribution in [3.05, 3.63) is 33.8 Å². The molecule has 0 atom stereocenters. The quantitative estimate of drug-likeness (QED) is 0.654. The second-order valence-corrected chi connectivity index (χ2v) is 4.49. The van der Waals surface area contributed by atoms with E-state index in [2.05, 4.69) is 47.0 Å². The topological polar surface area (TPSA) is 0 Å². The first-order valence-corrected chi connectivity index (χ1v) is 5.22. The van der Waals surface area contributed by atoms with E-state index in [9.17, 15) is 0 Å². The fourth-order valence-electron chi connectivity index (χ4n) is 1.74. The van der Waals surface area contributed by atoms with Gasteiger partial charge in [-0.15, -0.1) is 6.42 Å². The molecule has 0 nitrogen and oxygen atoms in total. The number of halogens is 1. The van der Waals surface area contributed by atoms with Gasteiger partial charge in [0.15, 0.2) is 0 Å². The van der Waals surface area contributed by atoms with Crippen molar-refractivity contribution in [1.29, 1.82) is 0 Å². The summed E-state index contributed by atoms with van der Waals surface area (Å²) in [7, 11) is 0. The van der Waals surface area contributed by atoms with Crippen LogP contribution in [0.5, 0.6) is 0 Å². The van der Waals surface area contributed by atoms with Crippen molar-refractivity contribution in [2.24, 2.45) is 0 Å². The first-order valence-electron chi connectivity index (χ1n) is 4.43. The normalized spacial score (nSPS) is 17.9. The summed E-state index contributed by atoms with van der Waals surface area (Å²) in [6, 6.07) is 6.27. The molecule has 13 heavy (non-hydrogen) atoms. The van der Waals surface area contributed by atoms with Crippen LogP contribution in [0.2, 0.25) is 0 Å². The summed E-state index contributed by atoms with van der Waals surface area (Å²) in [5, 5.41) is 0. The van der Waals surface area contributed by atoms with Crippen molar-refractivity contribution >= 4 is 15.9 Å². The second kappa shape index (κ2) is 2.89. The highest BCUT2D eigenvalue weighted by molar-refractivity contribution is 9.10. The average Bonchev–Trinajstić information content (AvgIpc) is 2.90. The predicted molar refractivity (Wildman–Crippen MR) is 58.6 cm³/mol. The lowest BCUT2D eigenvalue weighted by Crippen LogP contribution is -2.05. The minimum absolute atomic E-state index is 0.0634. The molecule has 0 aliphatic heterocycles. The Labute approximate surface area is 87.5 Å². The van der Waals surface area contributed by atoms with Gasteiger partial charge in [-0.2, -0.15) is 0 Å². The van der Waals surface area contributed by atoms with Crippen LogP contribution in [0.1, 0.15) is 24.0 Å². The van der Waals surface area contributed by atoms with Gasteiger partial charge < -0.3 is 0 Å². The van der Waals surface area contributed by atoms with Crippen LogP contribution in [0.25, 0.3) is 0 Å². The predicted octanol–water partition coefficient (Wildman–Crippen LogP) is 3.42. The van der Waals surface area contributed by atoms with E-state index in [1.807, 2.05) is 0 Å². The molecule has 0 amide bonds. The molecular formula is C12H11Br. The highest BCUT2D eigenvalue weighted by Gasteiger charge is 2.43. The highest BCUT2D eigenvalue weighted by Crippen LogP contribution is 2.49. The molecule has 0 unspecified atom stereocenters. The Morgan fingerprint density at radius 3 is 2.69 bits per heavy atom. The molecule has 0 saturated heterocycles. The molecule has 0 heterocycles. The number of terminal acetylenes is 1. The van der Waals surface area contributed by atoms with E-state index in [-0.39, 0.29) is 5.41 Å². The molecule has 1 saturated carbocycles. The first-order chi connectivity index (χ1) is 6.19. The zero-order valence-electron chi connectivity index (χ0n) is 7.60. The van der Waals surface area contributed by atoms with E-state index in [0.717, 1.165) is 17.3 Å². The number of hydrogen-bond donors (Lipinski definition) is 0. The second-order valence-electron chi connectivity index (χ2n) is 3.64. The SMILES string of the molecule is C#CC1(c2cccc(Br)c2C)CC1. The molecule has 0 bridgehead atoms. The molecule has 2 rings (SSSR count). The molecule has 66 valence electrons. The minimum Gasteiger partial charge on any atom is -0.119 e. The van der Waals surface area contributed by atoms with Gasteiger partial charge in [-0.1, -0.05) is 34.0 Å². The van der Waals surface area contributed by atoms with E-state index in [1.165, 1.54) is 11.1 Å². The maximum absolute atomic E-state index is 5.55. The average molecular weight is 235 g/mol. The summed E-state index contributed by atoms with van der Waals surface area (Å²) in [6.07, 6.45) is 7.83. The lowest BCUT2D eigenvalue weighted by Gasteiger charge is -2.12. The molecule has 1 aliphatic carbocycles. The van der Waals surface area contributed by atoms with Crippen molar-refractivity contribution in [3.63, 3.8) is 0 Å². The molecule has 0 radical (unpaired) electrons. The van der Waals surface area contributed by atoms with E-state index in [1.54, 1.807) is 0 Å². The van der Waals surface area contributed by atoms with E-state index < -0.39 is 0 Å². The lowest BCUT2D eigenvalue weighted by atomic mass is 9.93. The van der Waals surface area contributed by atoms with Gasteiger partial charge >= 0.3 is 0 Å². The van der Waals surface area contributed by atoms with E-state index >= 15 is 0 Å². The standard InChI is InChI=1S/C12H11Br/c1-3-12(7-8-12)10-5-4-6-11(13)9(10)2/h1,4-6H,7-8H2,2H3. The third-order valence-electron chi connectivity index (χ3n) is 2.81. The molecule has 0 spiro atoms. The molecule has 1 aromatic carbocycles. The van der Waals surface area contributed by atoms with Crippen LogP contribution in [0, 0.1) is 19.3 Å². The zero-order valence-corrected chi connectivity index (χ0v) is 9.19. The van der Waals surface area contributed by atoms with Gasteiger partial charge in [0, 0.05) is 4.47 Å². The molecule has 0 aromatic heterocycles. The monoisotopic (exact) mass is 234 g/mol. The summed E-state index contributed by atoms with van der Waals surface area (Å²) in [6.45, 7) is 2.12. The summed E-state index contributed by atoms with van der Waals surface area (Å²) < 4.78 is 1.16. The van der Waals surface area contributed by atoms with Crippen molar-refractivity contribution in [2.75, 3.05) is 0 Å². The number of rotatable bonds is 1. The molecule has 0 N–H and O–H groups in total. The van der Waals surface area contributed by atoms with Gasteiger partial charge in [-0.25, -0.2) is 0 Å². The zero-order chi connectivity index (χ0) is 9.47. The number of benzene rings is 1. The van der Waals surface area contributed by atoms with Gasteiger partial charge in [0.25, 0.3) is 0 Å². The van der Waals surface area contributed by atoms with Crippen LogP contribution in [-0.4, -0.2) is 0 Å². The van der Waals surface area contributed by atoms with Crippen molar-refractivity contribution in [2.45, 2.75) is 25.2 Å². The molecule has 1 aromatic rings. The van der Waals surface area contributed by atoms with Crippen LogP contribution in [0.3, 0.4) is 0 Å². The summed E-state index contributed by atoms with van der Waals surface area (Å²) in [5.74, 6) is 2.92. The smallest absolute Gasteiger partial charge is 0.0564 e. The minimum atomic E-state index is 0.0634. The molecule has 1 aliphatic rings. The van der Waals surface area contributed by atoms with Crippen molar-refractivity contribution in [3.8, 4) is 12.3 Å². The molecule has 1 fully saturated rings. The Balaban J connectivity index is 2.54. The number of hydrogen-bond acceptors (Lipinski definition) is 0. The Bertz CT molecular complexity index is 381. The van der Waals surface area contributed by atoms with E-state index in [0.29, 0.717) is 0 Å². The Morgan fingerprint density at radius 2 is 2.15 bits per heavy atom. The third kappa shape index (κ3) is 1.30. The Kier molecular flexibility index (Phi) is 1.96. The van der Waals surface area contributed by atoms with Gasteiger partial charge in [-0.3, -0.25) is 0 Å². The highest BCUT2D eigenvalue weighted by atomic mass is 79.9. The van der Waals surface area contributed by atoms with E-state index in [4.69, 9.17) is 6.42 Å². The first kappa shape index (κ1) is 8.84. The van der Waals surface area contributed by atoms with Crippen LogP contribution < -0.4 is 0 Å². The van der Waals surface area contributed by atoms with Gasteiger partial charge in [0.05, 0.1) is 5.41 Å². The summed E-state index contributed by atoms with van der Waals surface area (Å²) >= 11 is 3.53. The van der Waals surface area contributed by atoms with Crippen molar-refractivity contribution in [1.82, 2.24) is 0 Å². The fraction of sp³-hybridized carbons (Fsp3) is 0.333. The summed E-state index contributed by atoms with van der Waals surface area (Å²) in [4.78, 5) is 0. The van der Waals surface area contributed by atoms with Crippen LogP contribution in [0.4, 0.5) is 0 Å². The largest absolute Gasteiger partial charge is 0.119 e. The Hall–Kier alpha value is -0.740. The molecular weight excluding hydrogens is 224 g/mol. The molecule has 1 heteroatoms. The van der Waals surface area contributed by atoms with Gasteiger partial charge in [-0.05, 0) is 37.0 Å². The lowest BCUT2D eigenvalue weighted by molar-refractivity contribution is 0.914. The van der Waals surface area contributed by atoms with Crippen LogP contribution in [-0.2, 0) is 5.41 Å². The Morgan fingerprint density at radius 1 is 1.46 bits per heavy atom.